The van der Waals surface area contributed by atoms with Gasteiger partial charge in [0.2, 0.25) is 0 Å². The summed E-state index contributed by atoms with van der Waals surface area (Å²) in [4.78, 5) is 5.63. The van der Waals surface area contributed by atoms with Gasteiger partial charge in [0.25, 0.3) is 0 Å². The predicted molar refractivity (Wildman–Crippen MR) is 67.9 cm³/mol. The molecule has 1 fully saturated rings. The molecule has 0 spiro atoms. The Hall–Kier alpha value is -0.540. The number of hydroxylamine groups is 2. The molecule has 0 bridgehead atoms. The largest absolute Gasteiger partial charge is 0.411 e. The molecule has 1 heterocycles. The zero-order valence-electron chi connectivity index (χ0n) is 11.6. The molecule has 3 nitrogen and oxygen atoms in total. The second kappa shape index (κ2) is 4.38. The molecule has 1 atom stereocenters. The molecule has 0 saturated carbocycles. The van der Waals surface area contributed by atoms with Gasteiger partial charge in [0.05, 0.1) is 0 Å². The molecule has 1 aliphatic rings. The van der Waals surface area contributed by atoms with Crippen molar-refractivity contribution in [2.75, 3.05) is 20.6 Å². The summed E-state index contributed by atoms with van der Waals surface area (Å²) in [6.07, 6.45) is 1.18. The lowest BCUT2D eigenvalue weighted by Gasteiger charge is -2.41. The average Bonchev–Trinajstić information content (AvgIpc) is 2.44. The summed E-state index contributed by atoms with van der Waals surface area (Å²) in [7, 11) is 3.78. The van der Waals surface area contributed by atoms with Gasteiger partial charge in [-0.3, -0.25) is 0 Å². The number of nitrogens with one attached hydrogen (secondary N) is 1. The first-order chi connectivity index (χ1) is 7.18. The van der Waals surface area contributed by atoms with Gasteiger partial charge in [-0.1, -0.05) is 20.4 Å². The van der Waals surface area contributed by atoms with E-state index in [2.05, 4.69) is 39.6 Å². The van der Waals surface area contributed by atoms with Crippen molar-refractivity contribution in [3.8, 4) is 0 Å². The quantitative estimate of drug-likeness (QED) is 0.588. The number of hydrogen-bond acceptors (Lipinski definition) is 3. The van der Waals surface area contributed by atoms with Crippen LogP contribution in [0.5, 0.6) is 0 Å². The Labute approximate surface area is 99.8 Å². The third-order valence-corrected chi connectivity index (χ3v) is 3.77. The third-order valence-electron chi connectivity index (χ3n) is 3.77. The summed E-state index contributed by atoms with van der Waals surface area (Å²) in [6.45, 7) is 14.1. The molecular weight excluding hydrogens is 200 g/mol. The molecule has 16 heavy (non-hydrogen) atoms. The topological polar surface area (TPSA) is 24.5 Å². The van der Waals surface area contributed by atoms with E-state index < -0.39 is 0 Å². The molecule has 94 valence electrons. The van der Waals surface area contributed by atoms with Crippen LogP contribution >= 0.6 is 0 Å². The van der Waals surface area contributed by atoms with Crippen LogP contribution in [0.4, 0.5) is 0 Å². The first-order valence-corrected chi connectivity index (χ1v) is 5.97. The van der Waals surface area contributed by atoms with E-state index in [4.69, 9.17) is 4.84 Å². The van der Waals surface area contributed by atoms with Gasteiger partial charge in [-0.05, 0) is 32.7 Å². The standard InChI is InChI=1S/C13H26N2O/c1-10(16-15(6)7)12(2,3)11-8-9-14-13(11,4)5/h11,14H,1,8-9H2,2-7H3/t11-/m1/s1. The van der Waals surface area contributed by atoms with Crippen LogP contribution in [0, 0.1) is 11.3 Å². The Kier molecular flexibility index (Phi) is 3.70. The molecular formula is C13H26N2O. The number of rotatable bonds is 4. The van der Waals surface area contributed by atoms with Crippen molar-refractivity contribution in [3.63, 3.8) is 0 Å². The maximum absolute atomic E-state index is 5.63. The van der Waals surface area contributed by atoms with Gasteiger partial charge < -0.3 is 10.2 Å². The first kappa shape index (κ1) is 13.5. The van der Waals surface area contributed by atoms with Gasteiger partial charge in [0, 0.05) is 25.0 Å². The zero-order chi connectivity index (χ0) is 12.6. The highest BCUT2D eigenvalue weighted by atomic mass is 16.7. The lowest BCUT2D eigenvalue weighted by atomic mass is 9.69. The molecule has 1 saturated heterocycles. The number of allylic oxidation sites excluding steroid dienone is 1. The molecule has 1 N–H and O–H groups in total. The Balaban J connectivity index is 2.80. The maximum atomic E-state index is 5.63. The van der Waals surface area contributed by atoms with Crippen molar-refractivity contribution < 1.29 is 4.84 Å². The number of nitrogens with zero attached hydrogens (tertiary/aromatic N) is 1. The normalized spacial score (nSPS) is 24.8. The molecule has 1 rings (SSSR count). The molecule has 0 amide bonds. The second-order valence-corrected chi connectivity index (χ2v) is 6.04. The molecule has 1 aliphatic heterocycles. The van der Waals surface area contributed by atoms with Crippen LogP contribution in [-0.2, 0) is 4.84 Å². The molecule has 0 radical (unpaired) electrons. The summed E-state index contributed by atoms with van der Waals surface area (Å²) < 4.78 is 0. The van der Waals surface area contributed by atoms with Gasteiger partial charge >= 0.3 is 0 Å². The second-order valence-electron chi connectivity index (χ2n) is 6.04. The summed E-state index contributed by atoms with van der Waals surface area (Å²) in [5.74, 6) is 1.40. The van der Waals surface area contributed by atoms with Crippen molar-refractivity contribution in [1.82, 2.24) is 10.4 Å². The maximum Gasteiger partial charge on any atom is 0.123 e. The van der Waals surface area contributed by atoms with E-state index in [9.17, 15) is 0 Å². The van der Waals surface area contributed by atoms with Crippen molar-refractivity contribution >= 4 is 0 Å². The molecule has 0 aromatic carbocycles. The smallest absolute Gasteiger partial charge is 0.123 e. The SMILES string of the molecule is C=C(ON(C)C)C(C)(C)[C@H]1CCNC1(C)C. The fourth-order valence-corrected chi connectivity index (χ4v) is 2.82. The van der Waals surface area contributed by atoms with E-state index in [-0.39, 0.29) is 11.0 Å². The Morgan fingerprint density at radius 3 is 2.38 bits per heavy atom. The first-order valence-electron chi connectivity index (χ1n) is 5.97. The highest BCUT2D eigenvalue weighted by Gasteiger charge is 2.46. The summed E-state index contributed by atoms with van der Waals surface area (Å²) >= 11 is 0. The van der Waals surface area contributed by atoms with Gasteiger partial charge in [-0.25, -0.2) is 0 Å². The van der Waals surface area contributed by atoms with Crippen LogP contribution < -0.4 is 5.32 Å². The minimum absolute atomic E-state index is 0.0166. The lowest BCUT2D eigenvalue weighted by molar-refractivity contribution is -0.104. The van der Waals surface area contributed by atoms with Crippen LogP contribution in [0.3, 0.4) is 0 Å². The zero-order valence-corrected chi connectivity index (χ0v) is 11.6. The monoisotopic (exact) mass is 226 g/mol. The van der Waals surface area contributed by atoms with Crippen molar-refractivity contribution in [3.05, 3.63) is 12.3 Å². The Morgan fingerprint density at radius 2 is 2.00 bits per heavy atom. The highest BCUT2D eigenvalue weighted by molar-refractivity contribution is 5.09. The van der Waals surface area contributed by atoms with Crippen LogP contribution in [0.1, 0.15) is 34.1 Å². The van der Waals surface area contributed by atoms with Crippen LogP contribution in [-0.4, -0.2) is 31.2 Å². The lowest BCUT2D eigenvalue weighted by Crippen LogP contribution is -2.45. The molecule has 0 unspecified atom stereocenters. The minimum atomic E-state index is -0.0166. The highest BCUT2D eigenvalue weighted by Crippen LogP contribution is 2.45. The minimum Gasteiger partial charge on any atom is -0.411 e. The summed E-state index contributed by atoms with van der Waals surface area (Å²) in [5, 5.41) is 5.26. The fourth-order valence-electron chi connectivity index (χ4n) is 2.82. The van der Waals surface area contributed by atoms with Crippen LogP contribution in [0.25, 0.3) is 0 Å². The van der Waals surface area contributed by atoms with Crippen molar-refractivity contribution in [1.29, 1.82) is 0 Å². The van der Waals surface area contributed by atoms with Crippen molar-refractivity contribution in [2.45, 2.75) is 39.7 Å². The summed E-state index contributed by atoms with van der Waals surface area (Å²) in [6, 6.07) is 0. The fraction of sp³-hybridized carbons (Fsp3) is 0.846. The van der Waals surface area contributed by atoms with E-state index in [0.717, 1.165) is 12.3 Å². The third kappa shape index (κ3) is 2.58. The molecule has 3 heteroatoms. The van der Waals surface area contributed by atoms with Gasteiger partial charge in [0.15, 0.2) is 0 Å². The van der Waals surface area contributed by atoms with E-state index in [1.807, 2.05) is 14.1 Å². The summed E-state index contributed by atoms with van der Waals surface area (Å²) in [5.41, 5.74) is 0.138. The Bertz CT molecular complexity index is 269. The molecule has 0 aliphatic carbocycles. The van der Waals surface area contributed by atoms with E-state index in [1.54, 1.807) is 5.06 Å². The van der Waals surface area contributed by atoms with Crippen LogP contribution in [0.2, 0.25) is 0 Å². The molecule has 0 aromatic rings. The van der Waals surface area contributed by atoms with E-state index in [1.165, 1.54) is 6.42 Å². The van der Waals surface area contributed by atoms with Crippen LogP contribution in [0.15, 0.2) is 12.3 Å². The average molecular weight is 226 g/mol. The predicted octanol–water partition coefficient (Wildman–Crippen LogP) is 2.41. The van der Waals surface area contributed by atoms with Gasteiger partial charge in [-0.2, -0.15) is 5.06 Å². The van der Waals surface area contributed by atoms with E-state index in [0.29, 0.717) is 5.92 Å². The van der Waals surface area contributed by atoms with Crippen molar-refractivity contribution in [2.24, 2.45) is 11.3 Å². The molecule has 0 aromatic heterocycles. The van der Waals surface area contributed by atoms with Gasteiger partial charge in [0.1, 0.15) is 5.76 Å². The van der Waals surface area contributed by atoms with Gasteiger partial charge in [-0.15, -0.1) is 0 Å². The van der Waals surface area contributed by atoms with E-state index >= 15 is 0 Å². The number of hydrogen-bond donors (Lipinski definition) is 1. The Morgan fingerprint density at radius 1 is 1.44 bits per heavy atom.